The lowest BCUT2D eigenvalue weighted by atomic mass is 9.92. The monoisotopic (exact) mass is 586 g/mol. The van der Waals surface area contributed by atoms with Gasteiger partial charge in [0.2, 0.25) is 0 Å². The van der Waals surface area contributed by atoms with E-state index < -0.39 is 0 Å². The molecule has 46 heavy (non-hydrogen) atoms. The van der Waals surface area contributed by atoms with Crippen LogP contribution in [0.3, 0.4) is 0 Å². The molecule has 0 aliphatic carbocycles. The first-order valence-corrected chi connectivity index (χ1v) is 16.0. The third-order valence-electron chi connectivity index (χ3n) is 9.52. The van der Waals surface area contributed by atoms with E-state index in [2.05, 4.69) is 184 Å². The molecule has 0 unspecified atom stereocenters. The zero-order chi connectivity index (χ0) is 31.0. The minimum absolute atomic E-state index is 1.19. The molecule has 218 valence electrons. The van der Waals surface area contributed by atoms with Gasteiger partial charge in [-0.25, -0.2) is 0 Å². The van der Waals surface area contributed by atoms with Crippen LogP contribution in [0.4, 0.5) is 0 Å². The summed E-state index contributed by atoms with van der Waals surface area (Å²) in [6.07, 6.45) is 9.03. The Kier molecular flexibility index (Phi) is 7.04. The quantitative estimate of drug-likeness (QED) is 0.139. The van der Waals surface area contributed by atoms with Crippen LogP contribution in [0.1, 0.15) is 33.4 Å². The Hall–Kier alpha value is -5.72. The minimum Gasteiger partial charge on any atom is -0.0616 e. The molecular weight excluding hydrogens is 553 g/mol. The van der Waals surface area contributed by atoms with E-state index in [-0.39, 0.29) is 0 Å². The lowest BCUT2D eigenvalue weighted by Crippen LogP contribution is -1.88. The van der Waals surface area contributed by atoms with Gasteiger partial charge in [0.05, 0.1) is 0 Å². The molecule has 0 nitrogen and oxygen atoms in total. The normalized spacial score (nSPS) is 12.0. The van der Waals surface area contributed by atoms with Crippen LogP contribution in [0.15, 0.2) is 146 Å². The predicted molar refractivity (Wildman–Crippen MR) is 202 cm³/mol. The summed E-state index contributed by atoms with van der Waals surface area (Å²) >= 11 is 0. The van der Waals surface area contributed by atoms with E-state index in [1.807, 2.05) is 0 Å². The maximum Gasteiger partial charge on any atom is -0.00990 e. The average Bonchev–Trinajstić information content (AvgIpc) is 3.12. The fourth-order valence-corrected chi connectivity index (χ4v) is 7.05. The molecule has 0 saturated heterocycles. The number of rotatable bonds is 5. The summed E-state index contributed by atoms with van der Waals surface area (Å²) in [4.78, 5) is 0. The van der Waals surface area contributed by atoms with E-state index >= 15 is 0 Å². The molecule has 0 heterocycles. The van der Waals surface area contributed by atoms with Crippen LogP contribution in [-0.2, 0) is 0 Å². The van der Waals surface area contributed by atoms with Gasteiger partial charge in [0.25, 0.3) is 0 Å². The third-order valence-corrected chi connectivity index (χ3v) is 9.52. The van der Waals surface area contributed by atoms with Gasteiger partial charge in [-0.3, -0.25) is 0 Å². The fraction of sp³-hybridized carbons (Fsp3) is 0.0435. The van der Waals surface area contributed by atoms with Crippen molar-refractivity contribution in [3.63, 3.8) is 0 Å². The number of aryl methyl sites for hydroxylation is 2. The minimum atomic E-state index is 1.19. The highest BCUT2D eigenvalue weighted by atomic mass is 14.1. The molecule has 0 N–H and O–H groups in total. The molecule has 0 bridgehead atoms. The lowest BCUT2D eigenvalue weighted by molar-refractivity contribution is 1.57. The Morgan fingerprint density at radius 1 is 0.283 bits per heavy atom. The van der Waals surface area contributed by atoms with E-state index in [1.54, 1.807) is 0 Å². The van der Waals surface area contributed by atoms with Crippen LogP contribution in [0.5, 0.6) is 0 Å². The van der Waals surface area contributed by atoms with Crippen molar-refractivity contribution in [2.75, 3.05) is 0 Å². The van der Waals surface area contributed by atoms with Crippen LogP contribution in [-0.4, -0.2) is 0 Å². The molecule has 8 aromatic rings. The summed E-state index contributed by atoms with van der Waals surface area (Å²) in [6.45, 7) is 4.46. The molecule has 0 fully saturated rings. The van der Waals surface area contributed by atoms with E-state index in [0.29, 0.717) is 0 Å². The number of hydrogen-bond donors (Lipinski definition) is 0. The van der Waals surface area contributed by atoms with Crippen molar-refractivity contribution in [1.82, 2.24) is 0 Å². The Bertz CT molecular complexity index is 2160. The maximum absolute atomic E-state index is 2.28. The zero-order valence-electron chi connectivity index (χ0n) is 26.2. The van der Waals surface area contributed by atoms with Crippen LogP contribution in [0, 0.1) is 13.8 Å². The van der Waals surface area contributed by atoms with Gasteiger partial charge in [-0.05, 0) is 101 Å². The SMILES string of the molecule is Cc1c2ccccc2c(/C=C\c2ccc(-c3ccc(/C=C\c4c5ccccc5c(C)c5ccccc45)cc3)cc2)c2ccccc12. The van der Waals surface area contributed by atoms with Crippen LogP contribution >= 0.6 is 0 Å². The summed E-state index contributed by atoms with van der Waals surface area (Å²) in [6, 6.07) is 52.7. The van der Waals surface area contributed by atoms with Crippen molar-refractivity contribution in [3.05, 3.63) is 179 Å². The van der Waals surface area contributed by atoms with Gasteiger partial charge in [-0.15, -0.1) is 0 Å². The van der Waals surface area contributed by atoms with Crippen LogP contribution in [0.2, 0.25) is 0 Å². The highest BCUT2D eigenvalue weighted by Gasteiger charge is 2.10. The highest BCUT2D eigenvalue weighted by molar-refractivity contribution is 6.11. The molecule has 0 atom stereocenters. The molecule has 0 radical (unpaired) electrons. The van der Waals surface area contributed by atoms with Gasteiger partial charge in [-0.2, -0.15) is 0 Å². The molecule has 0 amide bonds. The van der Waals surface area contributed by atoms with Crippen LogP contribution < -0.4 is 0 Å². The molecule has 8 aromatic carbocycles. The summed E-state index contributed by atoms with van der Waals surface area (Å²) in [7, 11) is 0. The molecule has 0 aliphatic heterocycles. The number of benzene rings is 8. The fourth-order valence-electron chi connectivity index (χ4n) is 7.05. The second kappa shape index (κ2) is 11.7. The lowest BCUT2D eigenvalue weighted by Gasteiger charge is -2.12. The van der Waals surface area contributed by atoms with E-state index in [4.69, 9.17) is 0 Å². The van der Waals surface area contributed by atoms with Crippen molar-refractivity contribution in [2.24, 2.45) is 0 Å². The van der Waals surface area contributed by atoms with Gasteiger partial charge in [0, 0.05) is 0 Å². The summed E-state index contributed by atoms with van der Waals surface area (Å²) < 4.78 is 0. The highest BCUT2D eigenvalue weighted by Crippen LogP contribution is 2.35. The second-order valence-corrected chi connectivity index (χ2v) is 12.2. The summed E-state index contributed by atoms with van der Waals surface area (Å²) in [5.74, 6) is 0. The van der Waals surface area contributed by atoms with Crippen molar-refractivity contribution >= 4 is 67.4 Å². The van der Waals surface area contributed by atoms with Gasteiger partial charge < -0.3 is 0 Å². The second-order valence-electron chi connectivity index (χ2n) is 12.2. The molecule has 0 spiro atoms. The van der Waals surface area contributed by atoms with Gasteiger partial charge in [0.1, 0.15) is 0 Å². The average molecular weight is 587 g/mol. The standard InChI is InChI=1S/C46H34/c1-31-37-11-3-7-15-41(37)45(42-16-8-4-12-38(31)42)29-23-33-19-25-35(26-20-33)36-27-21-34(22-28-36)24-30-46-43-17-9-5-13-39(43)32(2)40-14-6-10-18-44(40)46/h3-30H,1-2H3/b29-23-,30-24-. The Labute approximate surface area is 270 Å². The molecule has 0 aromatic heterocycles. The molecular formula is C46H34. The smallest absolute Gasteiger partial charge is 0.00990 e. The van der Waals surface area contributed by atoms with Crippen molar-refractivity contribution in [2.45, 2.75) is 13.8 Å². The number of hydrogen-bond acceptors (Lipinski definition) is 0. The Balaban J connectivity index is 1.06. The van der Waals surface area contributed by atoms with Gasteiger partial charge in [-0.1, -0.05) is 170 Å². The number of fused-ring (bicyclic) bond motifs is 4. The van der Waals surface area contributed by atoms with Gasteiger partial charge >= 0.3 is 0 Å². The first kappa shape index (κ1) is 27.8. The molecule has 0 heteroatoms. The molecule has 0 aliphatic rings. The van der Waals surface area contributed by atoms with E-state index in [9.17, 15) is 0 Å². The predicted octanol–water partition coefficient (Wildman–Crippen LogP) is 12.9. The van der Waals surface area contributed by atoms with Crippen molar-refractivity contribution in [3.8, 4) is 11.1 Å². The summed E-state index contributed by atoms with van der Waals surface area (Å²) in [5.41, 5.74) is 10.0. The van der Waals surface area contributed by atoms with Gasteiger partial charge in [0.15, 0.2) is 0 Å². The summed E-state index contributed by atoms with van der Waals surface area (Å²) in [5, 5.41) is 10.4. The topological polar surface area (TPSA) is 0 Å². The van der Waals surface area contributed by atoms with E-state index in [0.717, 1.165) is 0 Å². The first-order chi connectivity index (χ1) is 22.7. The first-order valence-electron chi connectivity index (χ1n) is 16.0. The van der Waals surface area contributed by atoms with Crippen molar-refractivity contribution < 1.29 is 0 Å². The Morgan fingerprint density at radius 2 is 0.543 bits per heavy atom. The Morgan fingerprint density at radius 3 is 0.826 bits per heavy atom. The third kappa shape index (κ3) is 4.89. The van der Waals surface area contributed by atoms with Crippen molar-refractivity contribution in [1.29, 1.82) is 0 Å². The largest absolute Gasteiger partial charge is 0.0616 e. The van der Waals surface area contributed by atoms with Crippen LogP contribution in [0.25, 0.3) is 78.5 Å². The van der Waals surface area contributed by atoms with E-state index in [1.165, 1.54) is 87.6 Å². The maximum atomic E-state index is 2.28. The zero-order valence-corrected chi connectivity index (χ0v) is 26.2. The molecule has 0 saturated carbocycles. The molecule has 8 rings (SSSR count).